The largest absolute Gasteiger partial charge is 0.350 e. The van der Waals surface area contributed by atoms with Gasteiger partial charge in [0.05, 0.1) is 11.3 Å². The molecule has 1 aliphatic heterocycles. The molecule has 1 aliphatic rings. The van der Waals surface area contributed by atoms with Crippen LogP contribution in [0.2, 0.25) is 0 Å². The summed E-state index contributed by atoms with van der Waals surface area (Å²) in [4.78, 5) is 29.7. The molecule has 0 bridgehead atoms. The molecule has 1 unspecified atom stereocenters. The van der Waals surface area contributed by atoms with Crippen LogP contribution in [0.1, 0.15) is 25.0 Å². The van der Waals surface area contributed by atoms with Gasteiger partial charge < -0.3 is 9.80 Å². The molecular formula is C26H25F2N9O. The monoisotopic (exact) mass is 517 g/mol. The summed E-state index contributed by atoms with van der Waals surface area (Å²) in [5, 5.41) is 13.6. The minimum Gasteiger partial charge on any atom is -0.349 e. The number of aromatic nitrogens is 6. The second-order valence-corrected chi connectivity index (χ2v) is 9.13. The molecule has 0 spiro atoms. The van der Waals surface area contributed by atoms with Crippen molar-refractivity contribution in [1.82, 2.24) is 29.3 Å². The summed E-state index contributed by atoms with van der Waals surface area (Å²) in [5.41, 5.74) is 0.646. The van der Waals surface area contributed by atoms with Gasteiger partial charge in [-0.05, 0) is 31.0 Å². The van der Waals surface area contributed by atoms with Gasteiger partial charge in [-0.2, -0.15) is 10.4 Å². The lowest BCUT2D eigenvalue weighted by Gasteiger charge is -2.40. The number of pyridine rings is 1. The number of aryl methyl sites for hydroxylation is 2. The van der Waals surface area contributed by atoms with Crippen LogP contribution in [-0.4, -0.2) is 55.0 Å². The first-order valence-electron chi connectivity index (χ1n) is 12.1. The predicted molar refractivity (Wildman–Crippen MR) is 137 cm³/mol. The van der Waals surface area contributed by atoms with Crippen molar-refractivity contribution in [1.29, 1.82) is 5.26 Å². The lowest BCUT2D eigenvalue weighted by atomic mass is 10.0. The highest BCUT2D eigenvalue weighted by molar-refractivity contribution is 5.70. The molecule has 1 aromatic carbocycles. The lowest BCUT2D eigenvalue weighted by Crippen LogP contribution is -2.53. The summed E-state index contributed by atoms with van der Waals surface area (Å²) >= 11 is 0. The number of halogens is 2. The third-order valence-corrected chi connectivity index (χ3v) is 6.70. The van der Waals surface area contributed by atoms with E-state index in [0.29, 0.717) is 31.4 Å². The maximum Gasteiger partial charge on any atom is 0.350 e. The van der Waals surface area contributed by atoms with Crippen LogP contribution in [0.25, 0.3) is 16.8 Å². The number of piperazine rings is 1. The Morgan fingerprint density at radius 2 is 1.84 bits per heavy atom. The minimum atomic E-state index is -0.807. The SMILES string of the molecule is CCc1cnc(N2CCN(c3ncc(-c4cc(F)c(-n5cnn(C)c5=O)cc4F)cc3C#N)C(C)C2)nc1. The summed E-state index contributed by atoms with van der Waals surface area (Å²) in [5.74, 6) is -0.429. The van der Waals surface area contributed by atoms with Crippen molar-refractivity contribution in [2.75, 3.05) is 29.4 Å². The van der Waals surface area contributed by atoms with Crippen LogP contribution >= 0.6 is 0 Å². The van der Waals surface area contributed by atoms with Crippen molar-refractivity contribution in [2.24, 2.45) is 7.05 Å². The Hall–Kier alpha value is -4.66. The zero-order valence-corrected chi connectivity index (χ0v) is 21.1. The minimum absolute atomic E-state index is 0.00471. The molecule has 1 fully saturated rings. The molecule has 1 saturated heterocycles. The molecule has 12 heteroatoms. The number of hydrogen-bond donors (Lipinski definition) is 0. The van der Waals surface area contributed by atoms with E-state index in [2.05, 4.69) is 37.9 Å². The van der Waals surface area contributed by atoms with Crippen molar-refractivity contribution in [2.45, 2.75) is 26.3 Å². The highest BCUT2D eigenvalue weighted by Gasteiger charge is 2.28. The third-order valence-electron chi connectivity index (χ3n) is 6.70. The number of rotatable bonds is 5. The van der Waals surface area contributed by atoms with E-state index in [1.807, 2.05) is 24.2 Å². The summed E-state index contributed by atoms with van der Waals surface area (Å²) in [6, 6.07) is 5.57. The van der Waals surface area contributed by atoms with Crippen LogP contribution in [0.15, 0.2) is 47.9 Å². The second kappa shape index (κ2) is 10.0. The van der Waals surface area contributed by atoms with E-state index in [9.17, 15) is 14.4 Å². The number of benzene rings is 1. The van der Waals surface area contributed by atoms with Gasteiger partial charge >= 0.3 is 5.69 Å². The van der Waals surface area contributed by atoms with Crippen LogP contribution in [0.4, 0.5) is 20.5 Å². The average molecular weight is 518 g/mol. The van der Waals surface area contributed by atoms with Crippen LogP contribution in [0.5, 0.6) is 0 Å². The molecule has 0 saturated carbocycles. The zero-order chi connectivity index (χ0) is 27.0. The molecule has 4 heterocycles. The molecular weight excluding hydrogens is 492 g/mol. The predicted octanol–water partition coefficient (Wildman–Crippen LogP) is 2.85. The summed E-state index contributed by atoms with van der Waals surface area (Å²) in [6.07, 6.45) is 7.08. The number of hydrogen-bond acceptors (Lipinski definition) is 8. The standard InChI is InChI=1S/C26H25F2N9O/c1-4-17-11-31-25(32-12-17)35-5-6-36(16(2)14-35)24-18(10-29)7-19(13-30-24)20-8-22(28)23(9-21(20)27)37-15-33-34(3)26(37)38/h7-9,11-13,15-16H,4-6,14H2,1-3H3. The Labute approximate surface area is 217 Å². The van der Waals surface area contributed by atoms with E-state index in [4.69, 9.17) is 0 Å². The Morgan fingerprint density at radius 3 is 2.47 bits per heavy atom. The average Bonchev–Trinajstić information content (AvgIpc) is 3.27. The van der Waals surface area contributed by atoms with Gasteiger partial charge in [0, 0.05) is 68.5 Å². The van der Waals surface area contributed by atoms with Crippen molar-refractivity contribution < 1.29 is 8.78 Å². The Bertz CT molecular complexity index is 1590. The topological polar surface area (TPSA) is 109 Å². The first-order valence-corrected chi connectivity index (χ1v) is 12.1. The van der Waals surface area contributed by atoms with Crippen LogP contribution in [0, 0.1) is 23.0 Å². The van der Waals surface area contributed by atoms with Gasteiger partial charge in [0.2, 0.25) is 5.95 Å². The van der Waals surface area contributed by atoms with Crippen molar-refractivity contribution in [3.05, 3.63) is 76.4 Å². The van der Waals surface area contributed by atoms with Gasteiger partial charge in [-0.25, -0.2) is 37.8 Å². The Morgan fingerprint density at radius 1 is 1.08 bits per heavy atom. The fraction of sp³-hybridized carbons (Fsp3) is 0.308. The van der Waals surface area contributed by atoms with Gasteiger partial charge in [-0.3, -0.25) is 0 Å². The van der Waals surface area contributed by atoms with Gasteiger partial charge in [-0.1, -0.05) is 6.92 Å². The summed E-state index contributed by atoms with van der Waals surface area (Å²) < 4.78 is 32.0. The van der Waals surface area contributed by atoms with Gasteiger partial charge in [-0.15, -0.1) is 0 Å². The van der Waals surface area contributed by atoms with Gasteiger partial charge in [0.1, 0.15) is 29.8 Å². The molecule has 38 heavy (non-hydrogen) atoms. The molecule has 0 amide bonds. The molecule has 10 nitrogen and oxygen atoms in total. The maximum atomic E-state index is 15.1. The first kappa shape index (κ1) is 25.0. The summed E-state index contributed by atoms with van der Waals surface area (Å²) in [7, 11) is 1.41. The molecule has 3 aromatic heterocycles. The highest BCUT2D eigenvalue weighted by Crippen LogP contribution is 2.31. The van der Waals surface area contributed by atoms with E-state index >= 15 is 4.39 Å². The molecule has 4 aromatic rings. The van der Waals surface area contributed by atoms with Crippen LogP contribution in [0.3, 0.4) is 0 Å². The van der Waals surface area contributed by atoms with Crippen molar-refractivity contribution in [3.8, 4) is 22.9 Å². The third kappa shape index (κ3) is 4.47. The Kier molecular flexibility index (Phi) is 6.59. The summed E-state index contributed by atoms with van der Waals surface area (Å²) in [6.45, 7) is 5.93. The molecule has 1 atom stereocenters. The normalized spacial score (nSPS) is 15.5. The second-order valence-electron chi connectivity index (χ2n) is 9.13. The van der Waals surface area contributed by atoms with Crippen LogP contribution < -0.4 is 15.5 Å². The van der Waals surface area contributed by atoms with Crippen molar-refractivity contribution in [3.63, 3.8) is 0 Å². The highest BCUT2D eigenvalue weighted by atomic mass is 19.1. The fourth-order valence-electron chi connectivity index (χ4n) is 4.55. The number of nitriles is 1. The van der Waals surface area contributed by atoms with E-state index < -0.39 is 17.3 Å². The van der Waals surface area contributed by atoms with E-state index in [1.165, 1.54) is 19.3 Å². The maximum absolute atomic E-state index is 15.1. The fourth-order valence-corrected chi connectivity index (χ4v) is 4.55. The first-order chi connectivity index (χ1) is 18.3. The lowest BCUT2D eigenvalue weighted by molar-refractivity contribution is 0.538. The van der Waals surface area contributed by atoms with E-state index in [0.717, 1.165) is 39.7 Å². The zero-order valence-electron chi connectivity index (χ0n) is 21.1. The quantitative estimate of drug-likeness (QED) is 0.398. The molecule has 0 radical (unpaired) electrons. The smallest absolute Gasteiger partial charge is 0.349 e. The van der Waals surface area contributed by atoms with Gasteiger partial charge in [0.25, 0.3) is 0 Å². The molecule has 0 aliphatic carbocycles. The number of anilines is 2. The Balaban J connectivity index is 1.40. The van der Waals surface area contributed by atoms with Crippen molar-refractivity contribution >= 4 is 11.8 Å². The molecule has 5 rings (SSSR count). The van der Waals surface area contributed by atoms with Gasteiger partial charge in [0.15, 0.2) is 0 Å². The number of nitrogens with zero attached hydrogens (tertiary/aromatic N) is 9. The molecule has 194 valence electrons. The van der Waals surface area contributed by atoms with Crippen LogP contribution in [-0.2, 0) is 13.5 Å². The molecule has 0 N–H and O–H groups in total. The van der Waals surface area contributed by atoms with E-state index in [1.54, 1.807) is 0 Å². The van der Waals surface area contributed by atoms with E-state index in [-0.39, 0.29) is 28.4 Å².